The van der Waals surface area contributed by atoms with E-state index in [9.17, 15) is 9.90 Å². The summed E-state index contributed by atoms with van der Waals surface area (Å²) in [6, 6.07) is -0.607. The number of carbonyl (C=O) groups is 1. The monoisotopic (exact) mass is 203 g/mol. The molecule has 14 heavy (non-hydrogen) atoms. The molecule has 0 saturated heterocycles. The van der Waals surface area contributed by atoms with Crippen molar-refractivity contribution in [3.8, 4) is 0 Å². The van der Waals surface area contributed by atoms with Crippen molar-refractivity contribution in [1.29, 1.82) is 0 Å². The van der Waals surface area contributed by atoms with E-state index in [1.165, 1.54) is 0 Å². The molecular formula is C10H21NO3. The number of rotatable bonds is 5. The van der Waals surface area contributed by atoms with Crippen LogP contribution in [0.4, 0.5) is 0 Å². The van der Waals surface area contributed by atoms with Crippen LogP contribution in [0.1, 0.15) is 34.1 Å². The fraction of sp³-hybridized carbons (Fsp3) is 0.900. The quantitative estimate of drug-likeness (QED) is 0.619. The molecule has 0 fully saturated rings. The normalized spacial score (nSPS) is 16.4. The average Bonchev–Trinajstić information content (AvgIpc) is 1.96. The van der Waals surface area contributed by atoms with Crippen molar-refractivity contribution in [2.45, 2.75) is 46.3 Å². The van der Waals surface area contributed by atoms with Gasteiger partial charge in [-0.15, -0.1) is 0 Å². The van der Waals surface area contributed by atoms with E-state index in [-0.39, 0.29) is 5.41 Å². The molecule has 0 bridgehead atoms. The number of nitrogens with one attached hydrogen (secondary N) is 1. The Labute approximate surface area is 85.3 Å². The molecule has 0 amide bonds. The van der Waals surface area contributed by atoms with Gasteiger partial charge in [-0.1, -0.05) is 20.8 Å². The third-order valence-electron chi connectivity index (χ3n) is 1.88. The van der Waals surface area contributed by atoms with Gasteiger partial charge in [0.25, 0.3) is 0 Å². The SMILES string of the molecule is CC(NCC(O)CC(C)(C)C)C(=O)O. The van der Waals surface area contributed by atoms with Crippen LogP contribution in [0.2, 0.25) is 0 Å². The van der Waals surface area contributed by atoms with E-state index in [2.05, 4.69) is 5.32 Å². The van der Waals surface area contributed by atoms with Crippen LogP contribution in [-0.4, -0.2) is 34.9 Å². The van der Waals surface area contributed by atoms with Crippen molar-refractivity contribution < 1.29 is 15.0 Å². The van der Waals surface area contributed by atoms with Gasteiger partial charge in [-0.05, 0) is 18.8 Å². The molecule has 4 nitrogen and oxygen atoms in total. The van der Waals surface area contributed by atoms with E-state index in [1.54, 1.807) is 6.92 Å². The van der Waals surface area contributed by atoms with E-state index >= 15 is 0 Å². The molecule has 0 heterocycles. The molecular weight excluding hydrogens is 182 g/mol. The number of carboxylic acid groups (broad SMARTS) is 1. The molecule has 2 atom stereocenters. The largest absolute Gasteiger partial charge is 0.480 e. The van der Waals surface area contributed by atoms with E-state index in [1.807, 2.05) is 20.8 Å². The molecule has 2 unspecified atom stereocenters. The first kappa shape index (κ1) is 13.4. The summed E-state index contributed by atoms with van der Waals surface area (Å²) in [6.07, 6.45) is 0.170. The Morgan fingerprint density at radius 2 is 1.93 bits per heavy atom. The Bertz CT molecular complexity index is 186. The Balaban J connectivity index is 3.74. The van der Waals surface area contributed by atoms with Crippen molar-refractivity contribution >= 4 is 5.97 Å². The smallest absolute Gasteiger partial charge is 0.320 e. The number of hydrogen-bond acceptors (Lipinski definition) is 3. The highest BCUT2D eigenvalue weighted by Crippen LogP contribution is 2.20. The van der Waals surface area contributed by atoms with Crippen LogP contribution in [0, 0.1) is 5.41 Å². The third kappa shape index (κ3) is 6.86. The lowest BCUT2D eigenvalue weighted by molar-refractivity contribution is -0.139. The predicted octanol–water partition coefficient (Wildman–Crippen LogP) is 0.846. The molecule has 4 heteroatoms. The number of aliphatic hydroxyl groups excluding tert-OH is 1. The zero-order valence-electron chi connectivity index (χ0n) is 9.37. The highest BCUT2D eigenvalue weighted by atomic mass is 16.4. The zero-order valence-corrected chi connectivity index (χ0v) is 9.37. The fourth-order valence-electron chi connectivity index (χ4n) is 1.18. The first-order valence-corrected chi connectivity index (χ1v) is 4.86. The second kappa shape index (κ2) is 5.32. The van der Waals surface area contributed by atoms with Crippen LogP contribution in [0.5, 0.6) is 0 Å². The van der Waals surface area contributed by atoms with Gasteiger partial charge in [0.15, 0.2) is 0 Å². The molecule has 0 aliphatic rings. The zero-order chi connectivity index (χ0) is 11.4. The highest BCUT2D eigenvalue weighted by molar-refractivity contribution is 5.72. The van der Waals surface area contributed by atoms with Gasteiger partial charge in [0.1, 0.15) is 6.04 Å². The standard InChI is InChI=1S/C10H21NO3/c1-7(9(13)14)11-6-8(12)5-10(2,3)4/h7-8,11-12H,5-6H2,1-4H3,(H,13,14). The molecule has 84 valence electrons. The minimum atomic E-state index is -0.895. The molecule has 3 N–H and O–H groups in total. The number of hydrogen-bond donors (Lipinski definition) is 3. The first-order valence-electron chi connectivity index (χ1n) is 4.86. The summed E-state index contributed by atoms with van der Waals surface area (Å²) in [5, 5.41) is 20.9. The minimum Gasteiger partial charge on any atom is -0.480 e. The van der Waals surface area contributed by atoms with Crippen molar-refractivity contribution in [3.63, 3.8) is 0 Å². The number of carboxylic acids is 1. The average molecular weight is 203 g/mol. The van der Waals surface area contributed by atoms with Crippen LogP contribution in [0.25, 0.3) is 0 Å². The van der Waals surface area contributed by atoms with Gasteiger partial charge in [-0.3, -0.25) is 4.79 Å². The van der Waals surface area contributed by atoms with Gasteiger partial charge in [-0.2, -0.15) is 0 Å². The molecule has 0 aliphatic carbocycles. The van der Waals surface area contributed by atoms with Crippen LogP contribution >= 0.6 is 0 Å². The Kier molecular flexibility index (Phi) is 5.08. The van der Waals surface area contributed by atoms with E-state index in [0.717, 1.165) is 0 Å². The Morgan fingerprint density at radius 1 is 1.43 bits per heavy atom. The minimum absolute atomic E-state index is 0.0631. The van der Waals surface area contributed by atoms with Crippen LogP contribution in [0.3, 0.4) is 0 Å². The molecule has 0 rings (SSSR count). The van der Waals surface area contributed by atoms with Crippen molar-refractivity contribution in [1.82, 2.24) is 5.32 Å². The van der Waals surface area contributed by atoms with Gasteiger partial charge in [0.2, 0.25) is 0 Å². The summed E-state index contributed by atoms with van der Waals surface area (Å²) in [5.41, 5.74) is 0.0631. The first-order chi connectivity index (χ1) is 6.22. The summed E-state index contributed by atoms with van der Waals surface area (Å²) in [5.74, 6) is -0.895. The van der Waals surface area contributed by atoms with Crippen LogP contribution < -0.4 is 5.32 Å². The highest BCUT2D eigenvalue weighted by Gasteiger charge is 2.18. The summed E-state index contributed by atoms with van der Waals surface area (Å²) < 4.78 is 0. The Hall–Kier alpha value is -0.610. The molecule has 0 aromatic carbocycles. The summed E-state index contributed by atoms with van der Waals surface area (Å²) in [4.78, 5) is 10.5. The van der Waals surface area contributed by atoms with E-state index in [4.69, 9.17) is 5.11 Å². The van der Waals surface area contributed by atoms with Gasteiger partial charge in [-0.25, -0.2) is 0 Å². The van der Waals surface area contributed by atoms with Gasteiger partial charge in [0, 0.05) is 6.54 Å². The van der Waals surface area contributed by atoms with E-state index in [0.29, 0.717) is 13.0 Å². The molecule has 0 radical (unpaired) electrons. The molecule has 0 saturated carbocycles. The van der Waals surface area contributed by atoms with Gasteiger partial charge < -0.3 is 15.5 Å². The van der Waals surface area contributed by atoms with Gasteiger partial charge >= 0.3 is 5.97 Å². The molecule has 0 aromatic heterocycles. The third-order valence-corrected chi connectivity index (χ3v) is 1.88. The summed E-state index contributed by atoms with van der Waals surface area (Å²) in [6.45, 7) is 8.00. The second-order valence-electron chi connectivity index (χ2n) is 4.89. The maximum absolute atomic E-state index is 10.5. The fourth-order valence-corrected chi connectivity index (χ4v) is 1.18. The molecule has 0 aromatic rings. The van der Waals surface area contributed by atoms with Crippen molar-refractivity contribution in [3.05, 3.63) is 0 Å². The lowest BCUT2D eigenvalue weighted by Gasteiger charge is -2.23. The maximum atomic E-state index is 10.5. The molecule has 0 spiro atoms. The van der Waals surface area contributed by atoms with Crippen LogP contribution in [-0.2, 0) is 4.79 Å². The number of aliphatic hydroxyl groups is 1. The second-order valence-corrected chi connectivity index (χ2v) is 4.89. The van der Waals surface area contributed by atoms with E-state index < -0.39 is 18.1 Å². The lowest BCUT2D eigenvalue weighted by atomic mass is 9.89. The number of aliphatic carboxylic acids is 1. The lowest BCUT2D eigenvalue weighted by Crippen LogP contribution is -2.39. The summed E-state index contributed by atoms with van der Waals surface area (Å²) in [7, 11) is 0. The van der Waals surface area contributed by atoms with Gasteiger partial charge in [0.05, 0.1) is 6.10 Å². The van der Waals surface area contributed by atoms with Crippen LogP contribution in [0.15, 0.2) is 0 Å². The maximum Gasteiger partial charge on any atom is 0.320 e. The topological polar surface area (TPSA) is 69.6 Å². The van der Waals surface area contributed by atoms with Crippen molar-refractivity contribution in [2.24, 2.45) is 5.41 Å². The summed E-state index contributed by atoms with van der Waals surface area (Å²) >= 11 is 0. The van der Waals surface area contributed by atoms with Crippen molar-refractivity contribution in [2.75, 3.05) is 6.54 Å². The Morgan fingerprint density at radius 3 is 2.29 bits per heavy atom. The molecule has 0 aliphatic heterocycles. The predicted molar refractivity (Wildman–Crippen MR) is 55.2 cm³/mol.